The monoisotopic (exact) mass is 300 g/mol. The highest BCUT2D eigenvalue weighted by atomic mass is 35.5. The quantitative estimate of drug-likeness (QED) is 0.897. The lowest BCUT2D eigenvalue weighted by atomic mass is 9.90. The highest BCUT2D eigenvalue weighted by molar-refractivity contribution is 5.86. The summed E-state index contributed by atoms with van der Waals surface area (Å²) < 4.78 is 13.0. The average molecular weight is 301 g/mol. The molecular formula is C15H22ClFN2O. The Morgan fingerprint density at radius 3 is 2.90 bits per heavy atom. The van der Waals surface area contributed by atoms with Crippen LogP contribution in [0.4, 0.5) is 4.39 Å². The molecule has 0 saturated carbocycles. The molecule has 0 bridgehead atoms. The SMILES string of the molecule is CC1(C(=O)NCCc2cccc(F)c2)CCCCN1.Cl. The first kappa shape index (κ1) is 16.9. The molecule has 0 aromatic heterocycles. The van der Waals surface area contributed by atoms with Crippen molar-refractivity contribution in [3.05, 3.63) is 35.6 Å². The van der Waals surface area contributed by atoms with Crippen molar-refractivity contribution in [2.45, 2.75) is 38.1 Å². The molecule has 1 unspecified atom stereocenters. The van der Waals surface area contributed by atoms with E-state index in [1.807, 2.05) is 13.0 Å². The fraction of sp³-hybridized carbons (Fsp3) is 0.533. The summed E-state index contributed by atoms with van der Waals surface area (Å²) in [7, 11) is 0. The van der Waals surface area contributed by atoms with Crippen LogP contribution in [0.3, 0.4) is 0 Å². The van der Waals surface area contributed by atoms with E-state index in [0.29, 0.717) is 13.0 Å². The Kier molecular flexibility index (Phi) is 6.43. The zero-order valence-electron chi connectivity index (χ0n) is 11.7. The predicted molar refractivity (Wildman–Crippen MR) is 80.6 cm³/mol. The van der Waals surface area contributed by atoms with E-state index in [0.717, 1.165) is 31.4 Å². The van der Waals surface area contributed by atoms with E-state index < -0.39 is 5.54 Å². The van der Waals surface area contributed by atoms with Gasteiger partial charge in [-0.05, 0) is 56.8 Å². The summed E-state index contributed by atoms with van der Waals surface area (Å²) in [5.41, 5.74) is 0.460. The van der Waals surface area contributed by atoms with Gasteiger partial charge in [0, 0.05) is 6.54 Å². The second kappa shape index (κ2) is 7.60. The Balaban J connectivity index is 0.00000200. The van der Waals surface area contributed by atoms with E-state index >= 15 is 0 Å². The molecule has 112 valence electrons. The van der Waals surface area contributed by atoms with E-state index in [2.05, 4.69) is 10.6 Å². The van der Waals surface area contributed by atoms with Crippen LogP contribution in [0.1, 0.15) is 31.7 Å². The van der Waals surface area contributed by atoms with Gasteiger partial charge in [-0.15, -0.1) is 12.4 Å². The van der Waals surface area contributed by atoms with Gasteiger partial charge in [0.25, 0.3) is 0 Å². The fourth-order valence-electron chi connectivity index (χ4n) is 2.46. The van der Waals surface area contributed by atoms with Gasteiger partial charge in [0.05, 0.1) is 5.54 Å². The molecule has 0 spiro atoms. The third-order valence-corrected chi connectivity index (χ3v) is 3.71. The second-order valence-corrected chi connectivity index (χ2v) is 5.35. The van der Waals surface area contributed by atoms with Crippen LogP contribution < -0.4 is 10.6 Å². The van der Waals surface area contributed by atoms with Gasteiger partial charge >= 0.3 is 0 Å². The number of hydrogen-bond acceptors (Lipinski definition) is 2. The minimum Gasteiger partial charge on any atom is -0.354 e. The van der Waals surface area contributed by atoms with Crippen molar-refractivity contribution in [1.82, 2.24) is 10.6 Å². The maximum absolute atomic E-state index is 13.0. The number of carbonyl (C=O) groups excluding carboxylic acids is 1. The van der Waals surface area contributed by atoms with Gasteiger partial charge in [-0.25, -0.2) is 4.39 Å². The van der Waals surface area contributed by atoms with Gasteiger partial charge in [0.1, 0.15) is 5.82 Å². The van der Waals surface area contributed by atoms with E-state index in [4.69, 9.17) is 0 Å². The highest BCUT2D eigenvalue weighted by Crippen LogP contribution is 2.18. The van der Waals surface area contributed by atoms with Crippen molar-refractivity contribution in [2.24, 2.45) is 0 Å². The molecule has 1 saturated heterocycles. The maximum Gasteiger partial charge on any atom is 0.240 e. The number of amides is 1. The van der Waals surface area contributed by atoms with Crippen LogP contribution in [0, 0.1) is 5.82 Å². The fourth-order valence-corrected chi connectivity index (χ4v) is 2.46. The minimum atomic E-state index is -0.444. The zero-order chi connectivity index (χ0) is 13.7. The van der Waals surface area contributed by atoms with Crippen molar-refractivity contribution >= 4 is 18.3 Å². The Labute approximate surface area is 125 Å². The molecule has 0 radical (unpaired) electrons. The molecule has 5 heteroatoms. The summed E-state index contributed by atoms with van der Waals surface area (Å²) >= 11 is 0. The molecule has 20 heavy (non-hydrogen) atoms. The Hall–Kier alpha value is -1.13. The summed E-state index contributed by atoms with van der Waals surface area (Å²) in [6.07, 6.45) is 3.74. The number of piperidine rings is 1. The number of nitrogens with one attached hydrogen (secondary N) is 2. The number of hydrogen-bond donors (Lipinski definition) is 2. The lowest BCUT2D eigenvalue weighted by molar-refractivity contribution is -0.127. The first-order valence-electron chi connectivity index (χ1n) is 6.88. The third-order valence-electron chi connectivity index (χ3n) is 3.71. The zero-order valence-corrected chi connectivity index (χ0v) is 12.6. The molecule has 1 aromatic rings. The minimum absolute atomic E-state index is 0. The third kappa shape index (κ3) is 4.46. The van der Waals surface area contributed by atoms with Gasteiger partial charge in [0.2, 0.25) is 5.91 Å². The van der Waals surface area contributed by atoms with Crippen LogP contribution >= 0.6 is 12.4 Å². The molecule has 1 atom stereocenters. The van der Waals surface area contributed by atoms with Crippen LogP contribution in [0.15, 0.2) is 24.3 Å². The van der Waals surface area contributed by atoms with Crippen LogP contribution in [0.5, 0.6) is 0 Å². The smallest absolute Gasteiger partial charge is 0.240 e. The maximum atomic E-state index is 13.0. The predicted octanol–water partition coefficient (Wildman–Crippen LogP) is 2.44. The second-order valence-electron chi connectivity index (χ2n) is 5.35. The summed E-state index contributed by atoms with van der Waals surface area (Å²) in [6, 6.07) is 6.49. The number of benzene rings is 1. The number of rotatable bonds is 4. The lowest BCUT2D eigenvalue weighted by Crippen LogP contribution is -2.57. The molecule has 1 aliphatic heterocycles. The standard InChI is InChI=1S/C15H21FN2O.ClH/c1-15(8-2-3-9-18-15)14(19)17-10-7-12-5-4-6-13(16)11-12;/h4-6,11,18H,2-3,7-10H2,1H3,(H,17,19);1H. The van der Waals surface area contributed by atoms with Gasteiger partial charge < -0.3 is 10.6 Å². The number of carbonyl (C=O) groups is 1. The van der Waals surface area contributed by atoms with Crippen LogP contribution in [-0.2, 0) is 11.2 Å². The summed E-state index contributed by atoms with van der Waals surface area (Å²) in [5, 5.41) is 6.22. The van der Waals surface area contributed by atoms with Crippen molar-refractivity contribution in [3.8, 4) is 0 Å². The van der Waals surface area contributed by atoms with E-state index in [1.54, 1.807) is 6.07 Å². The largest absolute Gasteiger partial charge is 0.354 e. The molecule has 2 N–H and O–H groups in total. The Bertz CT molecular complexity index is 447. The highest BCUT2D eigenvalue weighted by Gasteiger charge is 2.33. The van der Waals surface area contributed by atoms with Crippen molar-refractivity contribution in [3.63, 3.8) is 0 Å². The van der Waals surface area contributed by atoms with E-state index in [-0.39, 0.29) is 24.1 Å². The van der Waals surface area contributed by atoms with Crippen molar-refractivity contribution < 1.29 is 9.18 Å². The van der Waals surface area contributed by atoms with Crippen molar-refractivity contribution in [1.29, 1.82) is 0 Å². The Morgan fingerprint density at radius 1 is 1.45 bits per heavy atom. The molecule has 1 aromatic carbocycles. The van der Waals surface area contributed by atoms with Crippen molar-refractivity contribution in [2.75, 3.05) is 13.1 Å². The van der Waals surface area contributed by atoms with Crippen LogP contribution in [0.25, 0.3) is 0 Å². The van der Waals surface area contributed by atoms with Gasteiger partial charge in [-0.1, -0.05) is 12.1 Å². The first-order valence-corrected chi connectivity index (χ1v) is 6.88. The normalized spacial score (nSPS) is 21.9. The van der Waals surface area contributed by atoms with Gasteiger partial charge in [-0.3, -0.25) is 4.79 Å². The molecule has 1 heterocycles. The lowest BCUT2D eigenvalue weighted by Gasteiger charge is -2.33. The number of halogens is 2. The first-order chi connectivity index (χ1) is 9.10. The summed E-state index contributed by atoms with van der Waals surface area (Å²) in [6.45, 7) is 3.39. The molecule has 0 aliphatic carbocycles. The van der Waals surface area contributed by atoms with Crippen LogP contribution in [0.2, 0.25) is 0 Å². The molecule has 1 aliphatic rings. The van der Waals surface area contributed by atoms with E-state index in [1.165, 1.54) is 12.1 Å². The summed E-state index contributed by atoms with van der Waals surface area (Å²) in [4.78, 5) is 12.1. The average Bonchev–Trinajstić information content (AvgIpc) is 2.39. The Morgan fingerprint density at radius 2 is 2.25 bits per heavy atom. The molecule has 3 nitrogen and oxygen atoms in total. The molecule has 1 fully saturated rings. The topological polar surface area (TPSA) is 41.1 Å². The van der Waals surface area contributed by atoms with E-state index in [9.17, 15) is 9.18 Å². The van der Waals surface area contributed by atoms with Gasteiger partial charge in [0.15, 0.2) is 0 Å². The summed E-state index contributed by atoms with van der Waals surface area (Å²) in [5.74, 6) is -0.187. The molecule has 2 rings (SSSR count). The molecule has 1 amide bonds. The van der Waals surface area contributed by atoms with Gasteiger partial charge in [-0.2, -0.15) is 0 Å². The van der Waals surface area contributed by atoms with Crippen LogP contribution in [-0.4, -0.2) is 24.5 Å². The molecular weight excluding hydrogens is 279 g/mol.